The molecule has 0 heterocycles. The quantitative estimate of drug-likeness (QED) is 0.146. The van der Waals surface area contributed by atoms with Gasteiger partial charge in [0.25, 0.3) is 0 Å². The Hall–Kier alpha value is -1.02. The summed E-state index contributed by atoms with van der Waals surface area (Å²) in [7, 11) is 0. The van der Waals surface area contributed by atoms with Gasteiger partial charge in [0.2, 0.25) is 0 Å². The summed E-state index contributed by atoms with van der Waals surface area (Å²) in [4.78, 5) is 0. The Morgan fingerprint density at radius 1 is 0.213 bits per heavy atom. The largest absolute Gasteiger partial charge is 0.0616 e. The van der Waals surface area contributed by atoms with E-state index in [1.165, 1.54) is 16.7 Å². The highest BCUT2D eigenvalue weighted by atomic mass is 79.9. The van der Waals surface area contributed by atoms with E-state index >= 15 is 0 Å². The molecule has 0 saturated carbocycles. The van der Waals surface area contributed by atoms with Crippen molar-refractivity contribution in [3.05, 3.63) is 247 Å². The van der Waals surface area contributed by atoms with E-state index in [1.54, 1.807) is 0 Å². The van der Waals surface area contributed by atoms with Gasteiger partial charge in [-0.3, -0.25) is 0 Å². The molecule has 7 aromatic rings. The van der Waals surface area contributed by atoms with Crippen LogP contribution in [0.1, 0.15) is 146 Å². The van der Waals surface area contributed by atoms with Gasteiger partial charge >= 0.3 is 0 Å². The second-order valence-electron chi connectivity index (χ2n) is 20.6. The smallest absolute Gasteiger partial charge is 0.0549 e. The van der Waals surface area contributed by atoms with Crippen molar-refractivity contribution in [3.63, 3.8) is 0 Å². The lowest BCUT2D eigenvalue weighted by atomic mass is 9.86. The Balaban J connectivity index is 1.23. The predicted octanol–water partition coefficient (Wildman–Crippen LogP) is 23.4. The minimum Gasteiger partial charge on any atom is -0.0616 e. The van der Waals surface area contributed by atoms with Crippen LogP contribution in [0.3, 0.4) is 0 Å². The summed E-state index contributed by atoms with van der Waals surface area (Å²) in [6, 6.07) is 31.0. The van der Waals surface area contributed by atoms with Crippen molar-refractivity contribution in [1.82, 2.24) is 0 Å². The molecule has 0 spiro atoms. The van der Waals surface area contributed by atoms with Gasteiger partial charge in [-0.15, -0.1) is 0 Å². The van der Waals surface area contributed by atoms with E-state index in [0.29, 0.717) is 0 Å². The van der Waals surface area contributed by atoms with E-state index in [4.69, 9.17) is 0 Å². The molecule has 0 atom stereocenters. The maximum atomic E-state index is 3.82. The molecule has 0 aliphatic rings. The fourth-order valence-corrected chi connectivity index (χ4v) is 15.6. The molecule has 0 amide bonds. The number of hydrogen-bond donors (Lipinski definition) is 0. The molecular formula is C63H42Br12. The van der Waals surface area contributed by atoms with Crippen LogP contribution in [-0.4, -0.2) is 0 Å². The summed E-state index contributed by atoms with van der Waals surface area (Å²) in [5, 5.41) is 0. The van der Waals surface area contributed by atoms with Crippen molar-refractivity contribution >= 4 is 191 Å². The van der Waals surface area contributed by atoms with E-state index < -0.39 is 0 Å². The van der Waals surface area contributed by atoms with Gasteiger partial charge in [0.15, 0.2) is 0 Å². The summed E-state index contributed by atoms with van der Waals surface area (Å²) < 4.78 is 10.8. The van der Waals surface area contributed by atoms with E-state index in [0.717, 1.165) is 120 Å². The van der Waals surface area contributed by atoms with Crippen molar-refractivity contribution in [3.8, 4) is 35.5 Å². The van der Waals surface area contributed by atoms with Gasteiger partial charge in [0, 0.05) is 87.1 Å². The van der Waals surface area contributed by atoms with Gasteiger partial charge < -0.3 is 0 Å². The van der Waals surface area contributed by atoms with Crippen molar-refractivity contribution in [2.75, 3.05) is 0 Å². The number of benzene rings is 7. The molecular weight excluding hydrogens is 1720 g/mol. The van der Waals surface area contributed by atoms with Crippen LogP contribution in [-0.2, 0) is 16.2 Å². The van der Waals surface area contributed by atoms with Gasteiger partial charge in [-0.25, -0.2) is 0 Å². The molecule has 7 rings (SSSR count). The van der Waals surface area contributed by atoms with Crippen LogP contribution in [0.15, 0.2) is 145 Å². The first-order valence-electron chi connectivity index (χ1n) is 22.9. The molecule has 0 bridgehead atoms. The van der Waals surface area contributed by atoms with Crippen molar-refractivity contribution in [2.45, 2.75) is 78.6 Å². The Morgan fingerprint density at radius 3 is 0.493 bits per heavy atom. The number of halogens is 12. The number of rotatable bonds is 6. The molecule has 0 aliphatic carbocycles. The molecule has 75 heavy (non-hydrogen) atoms. The van der Waals surface area contributed by atoms with Gasteiger partial charge in [-0.2, -0.15) is 0 Å². The molecule has 0 aromatic heterocycles. The Bertz CT molecular complexity index is 3090. The minimum absolute atomic E-state index is 0.00378. The normalized spacial score (nSPS) is 11.6. The summed E-state index contributed by atoms with van der Waals surface area (Å²) in [6.45, 7) is 19.8. The molecule has 6 radical (unpaired) electrons. The van der Waals surface area contributed by atoms with Crippen molar-refractivity contribution in [1.29, 1.82) is 0 Å². The van der Waals surface area contributed by atoms with E-state index in [1.807, 2.05) is 54.6 Å². The monoisotopic (exact) mass is 1750 g/mol. The standard InChI is InChI=1S/C63H42Br12/c1-61(2,3)40-25-55(70)46(56(71)26-40)31-43-49(64)19-37(20-50(43)65)13-10-34-16-35(11-14-38-21-51(66)44(52(67)22-38)32-47-57(72)27-41(28-58(47)73)62(4,5)6)18-36(17-34)12-15-39-23-53(68)45(54(69)24-39)33-48-59(74)29-42(30-60(48)75)63(7,8)9/h16-30H,1-9H3. The first-order chi connectivity index (χ1) is 34.9. The van der Waals surface area contributed by atoms with Crippen LogP contribution in [0.5, 0.6) is 0 Å². The van der Waals surface area contributed by atoms with Gasteiger partial charge in [0.1, 0.15) is 0 Å². The van der Waals surface area contributed by atoms with Crippen LogP contribution in [0.25, 0.3) is 0 Å². The molecule has 0 N–H and O–H groups in total. The van der Waals surface area contributed by atoms with E-state index in [2.05, 4.69) is 345 Å². The second kappa shape index (κ2) is 25.4. The second-order valence-corrected chi connectivity index (χ2v) is 30.8. The SMILES string of the molecule is CC(C)(C)c1cc(Br)c([C]c2c(Br)cc(C#Cc3cc(C#Cc4cc(Br)c([C]c5c(Br)cc(C(C)(C)C)cc5Br)c(Br)c4)cc(C#Cc4cc(Br)c([C]c5c(Br)cc(C(C)(C)C)cc5Br)c(Br)c4)c3)cc2Br)c(Br)c1. The highest BCUT2D eigenvalue weighted by Gasteiger charge is 2.23. The molecule has 12 heteroatoms. The third kappa shape index (κ3) is 15.9. The maximum Gasteiger partial charge on any atom is 0.0549 e. The maximum absolute atomic E-state index is 3.82. The van der Waals surface area contributed by atoms with Gasteiger partial charge in [-0.05, 0) is 157 Å². The zero-order valence-electron chi connectivity index (χ0n) is 41.7. The first-order valence-corrected chi connectivity index (χ1v) is 32.4. The Morgan fingerprint density at radius 2 is 0.347 bits per heavy atom. The highest BCUT2D eigenvalue weighted by molar-refractivity contribution is 9.12. The highest BCUT2D eigenvalue weighted by Crippen LogP contribution is 2.42. The Kier molecular flexibility index (Phi) is 20.9. The fourth-order valence-electron chi connectivity index (χ4n) is 7.32. The minimum atomic E-state index is -0.00378. The average molecular weight is 1760 g/mol. The van der Waals surface area contributed by atoms with Gasteiger partial charge in [-0.1, -0.05) is 289 Å². The summed E-state index contributed by atoms with van der Waals surface area (Å²) >= 11 is 45.7. The number of hydrogen-bond acceptors (Lipinski definition) is 0. The molecule has 378 valence electrons. The van der Waals surface area contributed by atoms with Crippen LogP contribution in [0.4, 0.5) is 0 Å². The van der Waals surface area contributed by atoms with Gasteiger partial charge in [0.05, 0.1) is 19.3 Å². The van der Waals surface area contributed by atoms with Crippen LogP contribution in [0.2, 0.25) is 0 Å². The van der Waals surface area contributed by atoms with Crippen LogP contribution < -0.4 is 0 Å². The van der Waals surface area contributed by atoms with Crippen LogP contribution >= 0.6 is 191 Å². The van der Waals surface area contributed by atoms with Crippen molar-refractivity contribution < 1.29 is 0 Å². The third-order valence-corrected chi connectivity index (χ3v) is 19.1. The molecule has 7 aromatic carbocycles. The molecule has 0 saturated heterocycles. The third-order valence-electron chi connectivity index (χ3n) is 11.6. The van der Waals surface area contributed by atoms with E-state index in [9.17, 15) is 0 Å². The zero-order chi connectivity index (χ0) is 55.1. The zero-order valence-corrected chi connectivity index (χ0v) is 60.7. The fraction of sp³-hybridized carbons (Fsp3) is 0.190. The lowest BCUT2D eigenvalue weighted by Crippen LogP contribution is -2.11. The molecule has 0 aliphatic heterocycles. The summed E-state index contributed by atoms with van der Waals surface area (Å²) in [5.41, 5.74) is 13.7. The summed E-state index contributed by atoms with van der Waals surface area (Å²) in [6.07, 6.45) is 10.8. The molecule has 0 nitrogen and oxygen atoms in total. The van der Waals surface area contributed by atoms with Crippen LogP contribution in [0, 0.1) is 54.8 Å². The molecule has 0 unspecified atom stereocenters. The first kappa shape index (κ1) is 61.6. The Labute approximate surface area is 545 Å². The topological polar surface area (TPSA) is 0 Å². The average Bonchev–Trinajstić information content (AvgIpc) is 3.29. The predicted molar refractivity (Wildman–Crippen MR) is 356 cm³/mol. The van der Waals surface area contributed by atoms with Crippen molar-refractivity contribution in [2.24, 2.45) is 0 Å². The summed E-state index contributed by atoms with van der Waals surface area (Å²) in [5.74, 6) is 20.4. The molecule has 0 fully saturated rings. The van der Waals surface area contributed by atoms with E-state index in [-0.39, 0.29) is 16.2 Å². The lowest BCUT2D eigenvalue weighted by Gasteiger charge is -2.21. The lowest BCUT2D eigenvalue weighted by molar-refractivity contribution is 0.589.